The van der Waals surface area contributed by atoms with Gasteiger partial charge in [-0.2, -0.15) is 0 Å². The third-order valence-electron chi connectivity index (χ3n) is 3.13. The maximum atomic E-state index is 5.52. The van der Waals surface area contributed by atoms with Crippen molar-refractivity contribution in [3.63, 3.8) is 0 Å². The van der Waals surface area contributed by atoms with Gasteiger partial charge in [0.15, 0.2) is 11.5 Å². The van der Waals surface area contributed by atoms with Crippen molar-refractivity contribution in [3.8, 4) is 11.5 Å². The number of ether oxygens (including phenoxy) is 2. The van der Waals surface area contributed by atoms with Crippen LogP contribution in [0.5, 0.6) is 11.5 Å². The first-order valence-electron chi connectivity index (χ1n) is 6.06. The second-order valence-corrected chi connectivity index (χ2v) is 4.29. The van der Waals surface area contributed by atoms with Crippen molar-refractivity contribution in [1.29, 1.82) is 0 Å². The number of hydrogen-bond acceptors (Lipinski definition) is 3. The summed E-state index contributed by atoms with van der Waals surface area (Å²) in [5, 5.41) is 0. The standard InChI is InChI=1S/C14H23NO2/c1-10-9-12(7-5-6-8-15)14(17-4)13(16-3)11(10)2/h9H,5-8,15H2,1-4H3. The van der Waals surface area contributed by atoms with Gasteiger partial charge in [-0.15, -0.1) is 0 Å². The zero-order valence-electron chi connectivity index (χ0n) is 11.3. The van der Waals surface area contributed by atoms with Crippen molar-refractivity contribution in [2.24, 2.45) is 5.73 Å². The van der Waals surface area contributed by atoms with E-state index in [1.54, 1.807) is 14.2 Å². The molecule has 0 aromatic heterocycles. The molecule has 3 nitrogen and oxygen atoms in total. The van der Waals surface area contributed by atoms with Crippen molar-refractivity contribution in [2.45, 2.75) is 33.1 Å². The number of hydrogen-bond donors (Lipinski definition) is 1. The summed E-state index contributed by atoms with van der Waals surface area (Å²) in [5.74, 6) is 1.72. The number of benzene rings is 1. The van der Waals surface area contributed by atoms with Gasteiger partial charge in [0.1, 0.15) is 0 Å². The highest BCUT2D eigenvalue weighted by atomic mass is 16.5. The number of aryl methyl sites for hydroxylation is 2. The van der Waals surface area contributed by atoms with E-state index in [1.807, 2.05) is 0 Å². The fraction of sp³-hybridized carbons (Fsp3) is 0.571. The molecule has 96 valence electrons. The highest BCUT2D eigenvalue weighted by Crippen LogP contribution is 2.37. The average molecular weight is 237 g/mol. The Hall–Kier alpha value is -1.22. The summed E-state index contributed by atoms with van der Waals surface area (Å²) in [4.78, 5) is 0. The molecule has 0 fully saturated rings. The van der Waals surface area contributed by atoms with Crippen molar-refractivity contribution >= 4 is 0 Å². The van der Waals surface area contributed by atoms with E-state index in [9.17, 15) is 0 Å². The lowest BCUT2D eigenvalue weighted by molar-refractivity contribution is 0.349. The first-order chi connectivity index (χ1) is 8.15. The van der Waals surface area contributed by atoms with Crippen LogP contribution in [0.1, 0.15) is 29.5 Å². The molecule has 0 saturated heterocycles. The molecule has 0 unspecified atom stereocenters. The monoisotopic (exact) mass is 237 g/mol. The van der Waals surface area contributed by atoms with E-state index < -0.39 is 0 Å². The second-order valence-electron chi connectivity index (χ2n) is 4.29. The Bertz CT molecular complexity index is 375. The molecular formula is C14H23NO2. The molecule has 0 spiro atoms. The summed E-state index contributed by atoms with van der Waals surface area (Å²) in [6.45, 7) is 4.90. The van der Waals surface area contributed by atoms with Gasteiger partial charge in [0.2, 0.25) is 0 Å². The van der Waals surface area contributed by atoms with Crippen LogP contribution in [0.15, 0.2) is 6.07 Å². The van der Waals surface area contributed by atoms with E-state index in [0.29, 0.717) is 0 Å². The zero-order chi connectivity index (χ0) is 12.8. The minimum absolute atomic E-state index is 0.740. The summed E-state index contributed by atoms with van der Waals surface area (Å²) < 4.78 is 10.9. The van der Waals surface area contributed by atoms with Crippen molar-refractivity contribution in [1.82, 2.24) is 0 Å². The summed E-state index contributed by atoms with van der Waals surface area (Å²) in [7, 11) is 3.38. The average Bonchev–Trinajstić information content (AvgIpc) is 2.33. The molecule has 0 bridgehead atoms. The minimum Gasteiger partial charge on any atom is -0.493 e. The van der Waals surface area contributed by atoms with E-state index in [4.69, 9.17) is 15.2 Å². The Morgan fingerprint density at radius 3 is 2.24 bits per heavy atom. The second kappa shape index (κ2) is 6.50. The Morgan fingerprint density at radius 2 is 1.71 bits per heavy atom. The number of rotatable bonds is 6. The Kier molecular flexibility index (Phi) is 5.29. The number of nitrogens with two attached hydrogens (primary N) is 1. The lowest BCUT2D eigenvalue weighted by Crippen LogP contribution is -2.02. The van der Waals surface area contributed by atoms with Gasteiger partial charge >= 0.3 is 0 Å². The number of methoxy groups -OCH3 is 2. The highest BCUT2D eigenvalue weighted by molar-refractivity contribution is 5.54. The van der Waals surface area contributed by atoms with Gasteiger partial charge in [-0.25, -0.2) is 0 Å². The molecule has 0 atom stereocenters. The van der Waals surface area contributed by atoms with Crippen LogP contribution in [0.4, 0.5) is 0 Å². The molecule has 0 heterocycles. The minimum atomic E-state index is 0.740. The maximum Gasteiger partial charge on any atom is 0.164 e. The van der Waals surface area contributed by atoms with Crippen molar-refractivity contribution in [2.75, 3.05) is 20.8 Å². The van der Waals surface area contributed by atoms with Crippen LogP contribution >= 0.6 is 0 Å². The van der Waals surface area contributed by atoms with E-state index in [-0.39, 0.29) is 0 Å². The summed E-state index contributed by atoms with van der Waals surface area (Å²) in [6.07, 6.45) is 3.11. The predicted molar refractivity (Wildman–Crippen MR) is 71.0 cm³/mol. The van der Waals surface area contributed by atoms with E-state index >= 15 is 0 Å². The molecule has 3 heteroatoms. The van der Waals surface area contributed by atoms with Crippen LogP contribution in [0.2, 0.25) is 0 Å². The third-order valence-corrected chi connectivity index (χ3v) is 3.13. The normalized spacial score (nSPS) is 10.4. The van der Waals surface area contributed by atoms with Crippen LogP contribution in [-0.4, -0.2) is 20.8 Å². The van der Waals surface area contributed by atoms with E-state index in [1.165, 1.54) is 11.1 Å². The van der Waals surface area contributed by atoms with Gasteiger partial charge in [0.05, 0.1) is 14.2 Å². The summed E-state index contributed by atoms with van der Waals surface area (Å²) >= 11 is 0. The van der Waals surface area contributed by atoms with Crippen molar-refractivity contribution < 1.29 is 9.47 Å². The van der Waals surface area contributed by atoms with E-state index in [2.05, 4.69) is 19.9 Å². The zero-order valence-corrected chi connectivity index (χ0v) is 11.3. The van der Waals surface area contributed by atoms with Crippen LogP contribution in [0, 0.1) is 13.8 Å². The largest absolute Gasteiger partial charge is 0.493 e. The highest BCUT2D eigenvalue weighted by Gasteiger charge is 2.14. The van der Waals surface area contributed by atoms with Gasteiger partial charge in [-0.1, -0.05) is 6.07 Å². The van der Waals surface area contributed by atoms with Crippen LogP contribution in [0.3, 0.4) is 0 Å². The molecule has 1 aromatic carbocycles. The van der Waals surface area contributed by atoms with Crippen molar-refractivity contribution in [3.05, 3.63) is 22.8 Å². The SMILES string of the molecule is COc1c(CCCCN)cc(C)c(C)c1OC. The van der Waals surface area contributed by atoms with Gasteiger partial charge < -0.3 is 15.2 Å². The Morgan fingerprint density at radius 1 is 1.06 bits per heavy atom. The van der Waals surface area contributed by atoms with Crippen LogP contribution < -0.4 is 15.2 Å². The summed E-state index contributed by atoms with van der Waals surface area (Å²) in [6, 6.07) is 2.19. The molecule has 2 N–H and O–H groups in total. The number of unbranched alkanes of at least 4 members (excludes halogenated alkanes) is 1. The topological polar surface area (TPSA) is 44.5 Å². The lowest BCUT2D eigenvalue weighted by atomic mass is 9.99. The summed E-state index contributed by atoms with van der Waals surface area (Å²) in [5.41, 5.74) is 9.11. The lowest BCUT2D eigenvalue weighted by Gasteiger charge is -2.17. The molecule has 0 radical (unpaired) electrons. The Balaban J connectivity index is 3.06. The Labute approximate surface area is 104 Å². The van der Waals surface area contributed by atoms with Gasteiger partial charge in [-0.05, 0) is 56.3 Å². The molecule has 1 rings (SSSR count). The quantitative estimate of drug-likeness (QED) is 0.773. The van der Waals surface area contributed by atoms with Gasteiger partial charge in [0.25, 0.3) is 0 Å². The smallest absolute Gasteiger partial charge is 0.164 e. The fourth-order valence-corrected chi connectivity index (χ4v) is 2.05. The molecular weight excluding hydrogens is 214 g/mol. The molecule has 0 aliphatic heterocycles. The molecule has 0 saturated carbocycles. The molecule has 0 amide bonds. The van der Waals surface area contributed by atoms with Gasteiger partial charge in [-0.3, -0.25) is 0 Å². The van der Waals surface area contributed by atoms with Crippen LogP contribution in [-0.2, 0) is 6.42 Å². The predicted octanol–water partition coefficient (Wildman–Crippen LogP) is 2.60. The third kappa shape index (κ3) is 3.13. The first kappa shape index (κ1) is 13.8. The molecule has 0 aliphatic rings. The maximum absolute atomic E-state index is 5.52. The molecule has 17 heavy (non-hydrogen) atoms. The molecule has 1 aromatic rings. The fourth-order valence-electron chi connectivity index (χ4n) is 2.05. The van der Waals surface area contributed by atoms with Crippen LogP contribution in [0.25, 0.3) is 0 Å². The van der Waals surface area contributed by atoms with Gasteiger partial charge in [0, 0.05) is 0 Å². The molecule has 0 aliphatic carbocycles. The van der Waals surface area contributed by atoms with E-state index in [0.717, 1.165) is 42.9 Å². The first-order valence-corrected chi connectivity index (χ1v) is 6.06.